The second-order valence-corrected chi connectivity index (χ2v) is 3.61. The van der Waals surface area contributed by atoms with Crippen molar-refractivity contribution in [2.24, 2.45) is 5.73 Å². The molecule has 0 heterocycles. The van der Waals surface area contributed by atoms with E-state index >= 15 is 0 Å². The molecule has 5 heteroatoms. The lowest BCUT2D eigenvalue weighted by Crippen LogP contribution is -2.39. The third-order valence-corrected chi connectivity index (χ3v) is 2.07. The fourth-order valence-corrected chi connectivity index (χ4v) is 1.33. The average Bonchev–Trinajstić information content (AvgIpc) is 2.16. The summed E-state index contributed by atoms with van der Waals surface area (Å²) < 4.78 is 12.8. The van der Waals surface area contributed by atoms with Gasteiger partial charge in [-0.15, -0.1) is 12.4 Å². The Bertz CT molecular complexity index is 358. The molecule has 2 N–H and O–H groups in total. The maximum atomic E-state index is 12.8. The number of hydrogen-bond acceptors (Lipinski definition) is 2. The van der Waals surface area contributed by atoms with E-state index in [0.717, 1.165) is 5.56 Å². The lowest BCUT2D eigenvalue weighted by molar-refractivity contribution is -0.131. The van der Waals surface area contributed by atoms with E-state index in [9.17, 15) is 9.18 Å². The molecule has 0 radical (unpaired) electrons. The Morgan fingerprint density at radius 1 is 1.56 bits per heavy atom. The quantitative estimate of drug-likeness (QED) is 0.880. The molecule has 3 nitrogen and oxygen atoms in total. The van der Waals surface area contributed by atoms with Gasteiger partial charge in [0.15, 0.2) is 0 Å². The molecule has 1 atom stereocenters. The van der Waals surface area contributed by atoms with Gasteiger partial charge in [-0.05, 0) is 24.6 Å². The van der Waals surface area contributed by atoms with Gasteiger partial charge in [0.05, 0.1) is 6.04 Å². The highest BCUT2D eigenvalue weighted by Gasteiger charge is 2.13. The molecule has 1 amide bonds. The SMILES string of the molecule is CC(N)C(=O)N(C)Cc1cccc(F)c1.Cl. The Kier molecular flexibility index (Phi) is 6.00. The molecular formula is C11H16ClFN2O. The first-order valence-electron chi connectivity index (χ1n) is 4.75. The lowest BCUT2D eigenvalue weighted by Gasteiger charge is -2.19. The summed E-state index contributed by atoms with van der Waals surface area (Å²) in [5, 5.41) is 0. The largest absolute Gasteiger partial charge is 0.340 e. The maximum Gasteiger partial charge on any atom is 0.239 e. The Morgan fingerprint density at radius 3 is 2.69 bits per heavy atom. The third kappa shape index (κ3) is 4.16. The van der Waals surface area contributed by atoms with Crippen LogP contribution in [0.4, 0.5) is 4.39 Å². The van der Waals surface area contributed by atoms with Crippen LogP contribution in [0.1, 0.15) is 12.5 Å². The molecule has 1 aromatic rings. The summed E-state index contributed by atoms with van der Waals surface area (Å²) in [6, 6.07) is 5.65. The van der Waals surface area contributed by atoms with Gasteiger partial charge in [-0.2, -0.15) is 0 Å². The molecular weight excluding hydrogens is 231 g/mol. The summed E-state index contributed by atoms with van der Waals surface area (Å²) in [5.41, 5.74) is 6.21. The number of amides is 1. The van der Waals surface area contributed by atoms with E-state index in [1.54, 1.807) is 26.1 Å². The predicted molar refractivity (Wildman–Crippen MR) is 63.8 cm³/mol. The van der Waals surface area contributed by atoms with Gasteiger partial charge in [-0.25, -0.2) is 4.39 Å². The van der Waals surface area contributed by atoms with Crippen LogP contribution in [0.2, 0.25) is 0 Å². The third-order valence-electron chi connectivity index (χ3n) is 2.07. The van der Waals surface area contributed by atoms with E-state index in [1.807, 2.05) is 0 Å². The Balaban J connectivity index is 0.00000225. The van der Waals surface area contributed by atoms with Crippen molar-refractivity contribution in [1.29, 1.82) is 0 Å². The number of carbonyl (C=O) groups is 1. The topological polar surface area (TPSA) is 46.3 Å². The standard InChI is InChI=1S/C11H15FN2O.ClH/c1-8(13)11(15)14(2)7-9-4-3-5-10(12)6-9;/h3-6,8H,7,13H2,1-2H3;1H. The first-order chi connectivity index (χ1) is 7.00. The van der Waals surface area contributed by atoms with Crippen LogP contribution in [0.5, 0.6) is 0 Å². The van der Waals surface area contributed by atoms with Gasteiger partial charge in [0.25, 0.3) is 0 Å². The molecule has 1 unspecified atom stereocenters. The van der Waals surface area contributed by atoms with E-state index in [0.29, 0.717) is 6.54 Å². The number of rotatable bonds is 3. The summed E-state index contributed by atoms with van der Waals surface area (Å²) in [4.78, 5) is 12.9. The van der Waals surface area contributed by atoms with Gasteiger partial charge >= 0.3 is 0 Å². The molecule has 16 heavy (non-hydrogen) atoms. The Labute approximate surface area is 101 Å². The number of nitrogens with two attached hydrogens (primary N) is 1. The minimum atomic E-state index is -0.524. The van der Waals surface area contributed by atoms with Gasteiger partial charge in [0, 0.05) is 13.6 Å². The van der Waals surface area contributed by atoms with Crippen LogP contribution in [0.15, 0.2) is 24.3 Å². The molecule has 0 spiro atoms. The molecule has 90 valence electrons. The zero-order valence-electron chi connectivity index (χ0n) is 9.31. The number of nitrogens with zero attached hydrogens (tertiary/aromatic N) is 1. The summed E-state index contributed by atoms with van der Waals surface area (Å²) >= 11 is 0. The number of carbonyl (C=O) groups excluding carboxylic acids is 1. The predicted octanol–water partition coefficient (Wildman–Crippen LogP) is 1.55. The van der Waals surface area contributed by atoms with Crippen LogP contribution in [0.3, 0.4) is 0 Å². The number of halogens is 2. The second kappa shape index (κ2) is 6.45. The highest BCUT2D eigenvalue weighted by atomic mass is 35.5. The fourth-order valence-electron chi connectivity index (χ4n) is 1.33. The molecule has 1 rings (SSSR count). The first kappa shape index (κ1) is 14.9. The van der Waals surface area contributed by atoms with E-state index in [-0.39, 0.29) is 24.1 Å². The molecule has 0 aliphatic carbocycles. The molecule has 0 saturated heterocycles. The highest BCUT2D eigenvalue weighted by Crippen LogP contribution is 2.06. The van der Waals surface area contributed by atoms with Crippen LogP contribution in [0.25, 0.3) is 0 Å². The van der Waals surface area contributed by atoms with Crippen LogP contribution in [-0.2, 0) is 11.3 Å². The normalized spacial score (nSPS) is 11.5. The maximum absolute atomic E-state index is 12.8. The summed E-state index contributed by atoms with van der Waals surface area (Å²) in [5.74, 6) is -0.451. The molecule has 0 aliphatic rings. The number of benzene rings is 1. The van der Waals surface area contributed by atoms with Gasteiger partial charge in [-0.3, -0.25) is 4.79 Å². The zero-order chi connectivity index (χ0) is 11.4. The van der Waals surface area contributed by atoms with Gasteiger partial charge < -0.3 is 10.6 Å². The molecule has 1 aromatic carbocycles. The lowest BCUT2D eigenvalue weighted by atomic mass is 10.2. The van der Waals surface area contributed by atoms with Gasteiger partial charge in [0.2, 0.25) is 5.91 Å². The van der Waals surface area contributed by atoms with Crippen LogP contribution >= 0.6 is 12.4 Å². The van der Waals surface area contributed by atoms with Crippen molar-refractivity contribution in [3.05, 3.63) is 35.6 Å². The van der Waals surface area contributed by atoms with E-state index in [4.69, 9.17) is 5.73 Å². The molecule has 0 aromatic heterocycles. The van der Waals surface area contributed by atoms with E-state index < -0.39 is 6.04 Å². The second-order valence-electron chi connectivity index (χ2n) is 3.61. The first-order valence-corrected chi connectivity index (χ1v) is 4.75. The average molecular weight is 247 g/mol. The van der Waals surface area contributed by atoms with Crippen molar-refractivity contribution in [1.82, 2.24) is 4.90 Å². The smallest absolute Gasteiger partial charge is 0.239 e. The van der Waals surface area contributed by atoms with Gasteiger partial charge in [0.1, 0.15) is 5.82 Å². The molecule has 0 aliphatic heterocycles. The van der Waals surface area contributed by atoms with Crippen molar-refractivity contribution in [3.63, 3.8) is 0 Å². The van der Waals surface area contributed by atoms with Crippen LogP contribution < -0.4 is 5.73 Å². The molecule has 0 fully saturated rings. The summed E-state index contributed by atoms with van der Waals surface area (Å²) in [6.07, 6.45) is 0. The highest BCUT2D eigenvalue weighted by molar-refractivity contribution is 5.85. The van der Waals surface area contributed by atoms with Crippen molar-refractivity contribution in [2.75, 3.05) is 7.05 Å². The minimum absolute atomic E-state index is 0. The monoisotopic (exact) mass is 246 g/mol. The van der Waals surface area contributed by atoms with Crippen molar-refractivity contribution < 1.29 is 9.18 Å². The molecule has 0 bridgehead atoms. The minimum Gasteiger partial charge on any atom is -0.340 e. The van der Waals surface area contributed by atoms with E-state index in [1.165, 1.54) is 17.0 Å². The Morgan fingerprint density at radius 2 is 2.19 bits per heavy atom. The summed E-state index contributed by atoms with van der Waals surface area (Å²) in [6.45, 7) is 2.00. The van der Waals surface area contributed by atoms with Crippen LogP contribution in [-0.4, -0.2) is 23.9 Å². The number of hydrogen-bond donors (Lipinski definition) is 1. The fraction of sp³-hybridized carbons (Fsp3) is 0.364. The summed E-state index contributed by atoms with van der Waals surface area (Å²) in [7, 11) is 1.65. The van der Waals surface area contributed by atoms with Crippen molar-refractivity contribution in [3.8, 4) is 0 Å². The van der Waals surface area contributed by atoms with Gasteiger partial charge in [-0.1, -0.05) is 12.1 Å². The van der Waals surface area contributed by atoms with E-state index in [2.05, 4.69) is 0 Å². The molecule has 0 saturated carbocycles. The zero-order valence-corrected chi connectivity index (χ0v) is 10.1. The Hall–Kier alpha value is -1.13. The number of likely N-dealkylation sites (N-methyl/N-ethyl adjacent to an activating group) is 1. The van der Waals surface area contributed by atoms with Crippen molar-refractivity contribution >= 4 is 18.3 Å². The van der Waals surface area contributed by atoms with Crippen molar-refractivity contribution in [2.45, 2.75) is 19.5 Å². The van der Waals surface area contributed by atoms with Crippen LogP contribution in [0, 0.1) is 5.82 Å².